The molecule has 1 fully saturated rings. The number of carbonyl (C=O) groups excluding carboxylic acids is 12. The summed E-state index contributed by atoms with van der Waals surface area (Å²) in [6.07, 6.45) is -2.43. The Morgan fingerprint density at radius 3 is 1.60 bits per heavy atom. The molecule has 11 amide bonds. The Labute approximate surface area is 531 Å². The van der Waals surface area contributed by atoms with Crippen LogP contribution in [0.2, 0.25) is 0 Å². The summed E-state index contributed by atoms with van der Waals surface area (Å²) in [6.45, 7) is 8.76. The fourth-order valence-electron chi connectivity index (χ4n) is 9.38. The number of hydrogen-bond donors (Lipinski definition) is 19. The maximum atomic E-state index is 14.7. The van der Waals surface area contributed by atoms with Gasteiger partial charge in [-0.15, -0.1) is 0 Å². The van der Waals surface area contributed by atoms with Crippen molar-refractivity contribution in [3.8, 4) is 0 Å². The van der Waals surface area contributed by atoms with Gasteiger partial charge in [-0.25, -0.2) is 0 Å². The number of thiol groups is 1. The summed E-state index contributed by atoms with van der Waals surface area (Å²) in [5.74, 6) is -11.0. The average molecular weight is 1290 g/mol. The van der Waals surface area contributed by atoms with Crippen LogP contribution in [0.4, 0.5) is 0 Å². The Morgan fingerprint density at radius 1 is 0.589 bits per heavy atom. The normalized spacial score (nSPS) is 22.3. The summed E-state index contributed by atoms with van der Waals surface area (Å²) in [7, 11) is 0. The van der Waals surface area contributed by atoms with E-state index in [1.54, 1.807) is 44.2 Å². The summed E-state index contributed by atoms with van der Waals surface area (Å²) in [6, 6.07) is -7.97. The van der Waals surface area contributed by atoms with Gasteiger partial charge in [0.15, 0.2) is 0 Å². The fraction of sp³-hybridized carbons (Fsp3) is 0.690. The van der Waals surface area contributed by atoms with Crippen molar-refractivity contribution >= 4 is 83.6 Å². The summed E-state index contributed by atoms with van der Waals surface area (Å²) < 4.78 is 5.48. The van der Waals surface area contributed by atoms with Crippen LogP contribution in [0.1, 0.15) is 118 Å². The number of aliphatic hydroxyl groups excluding tert-OH is 1. The lowest BCUT2D eigenvalue weighted by molar-refractivity contribution is -0.153. The van der Waals surface area contributed by atoms with Crippen LogP contribution in [0.3, 0.4) is 0 Å². The van der Waals surface area contributed by atoms with Crippen LogP contribution in [-0.2, 0) is 68.7 Å². The number of esters is 1. The Morgan fingerprint density at radius 2 is 1.09 bits per heavy atom. The van der Waals surface area contributed by atoms with Crippen LogP contribution < -0.4 is 92.9 Å². The number of ether oxygens (including phenoxy) is 1. The molecule has 1 aliphatic heterocycles. The third-order valence-electron chi connectivity index (χ3n) is 14.4. The zero-order valence-corrected chi connectivity index (χ0v) is 53.5. The molecule has 0 spiro atoms. The quantitative estimate of drug-likeness (QED) is 0.0187. The van der Waals surface area contributed by atoms with Crippen LogP contribution >= 0.6 is 12.6 Å². The standard InChI is InChI=1S/C58H101N17O14S/c1-31(2)12-10-11-15-45(77)66-37(16-22-59)52(82)75-47(34(6)89-58(88)36(64)30-90)57(87)71-40(19-25-62)49(79)70-42-21-27-65-56(86)46(33(5)76)74-53(83)41(20-26-63)68-48(78)38(17-23-60)69-54(84)43(28-32(3)4)72-55(85)44(29-35-13-8-7-9-14-35)73-50(80)39(18-24-61)67-51(42)81/h7-9,13-14,31-34,36-44,46-47,76,90H,10-12,15-30,59-64H2,1-6H3,(H,65,86)(H,66,77)(H,67,81)(H,68,78)(H,69,84)(H,70,79)(H,71,87)(H,72,85)(H,73,80)(H,74,83)(H,75,82)/t33-,34-,36+,37+,38+,39+,40+,41+,42+,43+,44-,46+,47+/m1/s1. The number of benzene rings is 1. The van der Waals surface area contributed by atoms with Crippen molar-refractivity contribution in [1.82, 2.24) is 58.5 Å². The molecule has 32 heteroatoms. The smallest absolute Gasteiger partial charge is 0.324 e. The highest BCUT2D eigenvalue weighted by molar-refractivity contribution is 7.80. The van der Waals surface area contributed by atoms with E-state index >= 15 is 0 Å². The second kappa shape index (κ2) is 42.1. The van der Waals surface area contributed by atoms with Crippen LogP contribution in [0.5, 0.6) is 0 Å². The van der Waals surface area contributed by atoms with Gasteiger partial charge >= 0.3 is 5.97 Å². The number of aliphatic hydroxyl groups is 1. The molecule has 0 bridgehead atoms. The molecule has 1 aliphatic rings. The first-order valence-electron chi connectivity index (χ1n) is 30.7. The molecule has 0 saturated carbocycles. The lowest BCUT2D eigenvalue weighted by Crippen LogP contribution is -2.62. The van der Waals surface area contributed by atoms with Crippen molar-refractivity contribution < 1.29 is 67.4 Å². The number of hydrogen-bond acceptors (Lipinski definition) is 21. The number of rotatable bonds is 31. The largest absolute Gasteiger partial charge is 0.459 e. The van der Waals surface area contributed by atoms with Gasteiger partial charge in [0.2, 0.25) is 65.0 Å². The number of amides is 11. The summed E-state index contributed by atoms with van der Waals surface area (Å²) in [4.78, 5) is 169. The molecule has 31 nitrogen and oxygen atoms in total. The van der Waals surface area contributed by atoms with E-state index in [0.29, 0.717) is 17.9 Å². The lowest BCUT2D eigenvalue weighted by Gasteiger charge is -2.30. The molecule has 24 N–H and O–H groups in total. The van der Waals surface area contributed by atoms with E-state index in [4.69, 9.17) is 39.1 Å². The van der Waals surface area contributed by atoms with Crippen molar-refractivity contribution in [2.45, 2.75) is 197 Å². The van der Waals surface area contributed by atoms with Gasteiger partial charge in [0, 0.05) is 25.1 Å². The molecule has 0 aromatic heterocycles. The van der Waals surface area contributed by atoms with E-state index in [-0.39, 0.29) is 95.8 Å². The number of carbonyl (C=O) groups is 12. The van der Waals surface area contributed by atoms with Crippen LogP contribution in [0.15, 0.2) is 30.3 Å². The molecule has 0 radical (unpaired) electrons. The van der Waals surface area contributed by atoms with Gasteiger partial charge in [0.1, 0.15) is 72.6 Å². The van der Waals surface area contributed by atoms with E-state index in [1.807, 2.05) is 13.8 Å². The highest BCUT2D eigenvalue weighted by atomic mass is 32.1. The Balaban J connectivity index is 2.78. The van der Waals surface area contributed by atoms with Crippen LogP contribution in [-0.4, -0.2) is 200 Å². The zero-order valence-electron chi connectivity index (χ0n) is 52.6. The lowest BCUT2D eigenvalue weighted by atomic mass is 10.00. The van der Waals surface area contributed by atoms with Crippen LogP contribution in [0.25, 0.3) is 0 Å². The summed E-state index contributed by atoms with van der Waals surface area (Å²) in [5, 5.41) is 39.0. The predicted octanol–water partition coefficient (Wildman–Crippen LogP) is -5.83. The van der Waals surface area contributed by atoms with Crippen molar-refractivity contribution in [3.05, 3.63) is 35.9 Å². The predicted molar refractivity (Wildman–Crippen MR) is 337 cm³/mol. The maximum Gasteiger partial charge on any atom is 0.324 e. The minimum atomic E-state index is -1.79. The molecular formula is C58H101N17O14S. The average Bonchev–Trinajstić information content (AvgIpc) is 1.33. The van der Waals surface area contributed by atoms with Gasteiger partial charge in [0.25, 0.3) is 0 Å². The topological polar surface area (TPSA) is 523 Å². The Kier molecular flexibility index (Phi) is 36.9. The molecule has 1 aromatic carbocycles. The third kappa shape index (κ3) is 28.4. The molecule has 13 atom stereocenters. The van der Waals surface area contributed by atoms with E-state index in [1.165, 1.54) is 13.8 Å². The highest BCUT2D eigenvalue weighted by Crippen LogP contribution is 2.13. The van der Waals surface area contributed by atoms with Crippen molar-refractivity contribution in [3.63, 3.8) is 0 Å². The van der Waals surface area contributed by atoms with Gasteiger partial charge in [-0.1, -0.05) is 70.9 Å². The van der Waals surface area contributed by atoms with Crippen LogP contribution in [0, 0.1) is 11.8 Å². The van der Waals surface area contributed by atoms with E-state index in [9.17, 15) is 62.6 Å². The molecule has 508 valence electrons. The van der Waals surface area contributed by atoms with Crippen molar-refractivity contribution in [2.75, 3.05) is 45.0 Å². The highest BCUT2D eigenvalue weighted by Gasteiger charge is 2.39. The SMILES string of the molecule is CC(C)CCCCC(=O)N[C@@H](CCN)C(=O)N[C@H](C(=O)N[C@@H](CCN)C(=O)N[C@H]1CCNC(=O)[C@H]([C@@H](C)O)NC(=O)[C@H](CCN)NC(=O)[C@H](CCN)NC(=O)[C@H](CC(C)C)NC(=O)[C@@H](Cc2ccccc2)NC(=O)[C@H](CCN)NC1=O)[C@@H](C)OC(=O)[C@@H](N)CS. The molecule has 0 aliphatic carbocycles. The molecule has 90 heavy (non-hydrogen) atoms. The first-order chi connectivity index (χ1) is 42.6. The maximum absolute atomic E-state index is 14.7. The Bertz CT molecular complexity index is 2500. The number of nitrogens with one attached hydrogen (secondary N) is 11. The van der Waals surface area contributed by atoms with Crippen molar-refractivity contribution in [1.29, 1.82) is 0 Å². The monoisotopic (exact) mass is 1290 g/mol. The number of unbranched alkanes of at least 4 members (excludes halogenated alkanes) is 1. The molecule has 0 unspecified atom stereocenters. The van der Waals surface area contributed by atoms with E-state index < -0.39 is 163 Å². The Hall–Kier alpha value is -7.07. The van der Waals surface area contributed by atoms with Gasteiger partial charge in [-0.2, -0.15) is 12.6 Å². The van der Waals surface area contributed by atoms with Crippen molar-refractivity contribution in [2.24, 2.45) is 46.2 Å². The van der Waals surface area contributed by atoms with Gasteiger partial charge in [-0.3, -0.25) is 57.5 Å². The van der Waals surface area contributed by atoms with Gasteiger partial charge in [-0.05, 0) is 115 Å². The van der Waals surface area contributed by atoms with E-state index in [0.717, 1.165) is 12.8 Å². The van der Waals surface area contributed by atoms with Gasteiger partial charge < -0.3 is 103 Å². The second-order valence-corrected chi connectivity index (χ2v) is 23.5. The molecular weight excluding hydrogens is 1190 g/mol. The minimum absolute atomic E-state index is 0.0311. The second-order valence-electron chi connectivity index (χ2n) is 23.1. The zero-order chi connectivity index (χ0) is 67.6. The molecule has 1 saturated heterocycles. The molecule has 1 aromatic rings. The first-order valence-corrected chi connectivity index (χ1v) is 31.4. The minimum Gasteiger partial charge on any atom is -0.459 e. The fourth-order valence-corrected chi connectivity index (χ4v) is 9.53. The number of nitrogens with two attached hydrogens (primary N) is 6. The molecule has 1 heterocycles. The summed E-state index contributed by atoms with van der Waals surface area (Å²) >= 11 is 4.04. The third-order valence-corrected chi connectivity index (χ3v) is 14.8. The van der Waals surface area contributed by atoms with E-state index in [2.05, 4.69) is 71.1 Å². The molecule has 2 rings (SSSR count). The van der Waals surface area contributed by atoms with Gasteiger partial charge in [0.05, 0.1) is 6.10 Å². The first kappa shape index (κ1) is 79.0. The summed E-state index contributed by atoms with van der Waals surface area (Å²) in [5.41, 5.74) is 36.0.